The van der Waals surface area contributed by atoms with Crippen LogP contribution < -0.4 is 5.32 Å². The van der Waals surface area contributed by atoms with Crippen molar-refractivity contribution < 1.29 is 13.6 Å². The highest BCUT2D eigenvalue weighted by Crippen LogP contribution is 2.34. The smallest absolute Gasteiger partial charge is 0.228 e. The molecule has 0 bridgehead atoms. The second-order valence-corrected chi connectivity index (χ2v) is 6.46. The summed E-state index contributed by atoms with van der Waals surface area (Å²) in [5.41, 5.74) is 1.82. The van der Waals surface area contributed by atoms with E-state index in [0.717, 1.165) is 30.9 Å². The van der Waals surface area contributed by atoms with E-state index >= 15 is 0 Å². The SMILES string of the molecule is Cc1ccn2c(NC(=O)C3CCC3)c(-c3cccc(F)c3F)nc2c1. The average Bonchev–Trinajstić information content (AvgIpc) is 2.85. The maximum absolute atomic E-state index is 14.3. The minimum Gasteiger partial charge on any atom is -0.310 e. The van der Waals surface area contributed by atoms with E-state index in [0.29, 0.717) is 11.5 Å². The van der Waals surface area contributed by atoms with Crippen molar-refractivity contribution in [2.45, 2.75) is 26.2 Å². The number of carbonyl (C=O) groups excluding carboxylic acids is 1. The van der Waals surface area contributed by atoms with Gasteiger partial charge in [-0.25, -0.2) is 13.8 Å². The van der Waals surface area contributed by atoms with Crippen molar-refractivity contribution in [2.24, 2.45) is 5.92 Å². The van der Waals surface area contributed by atoms with Gasteiger partial charge in [0.1, 0.15) is 17.2 Å². The Kier molecular flexibility index (Phi) is 3.75. The number of rotatable bonds is 3. The van der Waals surface area contributed by atoms with Gasteiger partial charge in [-0.2, -0.15) is 0 Å². The lowest BCUT2D eigenvalue weighted by atomic mass is 9.85. The Labute approximate surface area is 143 Å². The Bertz CT molecular complexity index is 976. The first-order chi connectivity index (χ1) is 12.0. The van der Waals surface area contributed by atoms with Crippen LogP contribution in [0, 0.1) is 24.5 Å². The van der Waals surface area contributed by atoms with Gasteiger partial charge < -0.3 is 5.32 Å². The minimum absolute atomic E-state index is 0.0267. The van der Waals surface area contributed by atoms with Crippen LogP contribution in [-0.4, -0.2) is 15.3 Å². The summed E-state index contributed by atoms with van der Waals surface area (Å²) in [6.07, 6.45) is 4.52. The van der Waals surface area contributed by atoms with Gasteiger partial charge in [0.25, 0.3) is 0 Å². The molecule has 0 saturated heterocycles. The number of hydrogen-bond acceptors (Lipinski definition) is 2. The van der Waals surface area contributed by atoms with E-state index in [1.54, 1.807) is 10.6 Å². The number of carbonyl (C=O) groups is 1. The first-order valence-electron chi connectivity index (χ1n) is 8.28. The lowest BCUT2D eigenvalue weighted by Gasteiger charge is -2.24. The van der Waals surface area contributed by atoms with Crippen LogP contribution in [0.3, 0.4) is 0 Å². The number of benzene rings is 1. The number of imidazole rings is 1. The monoisotopic (exact) mass is 341 g/mol. The molecule has 0 radical (unpaired) electrons. The van der Waals surface area contributed by atoms with E-state index in [1.165, 1.54) is 12.1 Å². The van der Waals surface area contributed by atoms with E-state index in [4.69, 9.17) is 0 Å². The summed E-state index contributed by atoms with van der Waals surface area (Å²) in [5.74, 6) is -1.67. The number of aryl methyl sites for hydroxylation is 1. The molecule has 128 valence electrons. The van der Waals surface area contributed by atoms with Crippen molar-refractivity contribution in [3.05, 3.63) is 53.7 Å². The van der Waals surface area contributed by atoms with Crippen LogP contribution in [0.2, 0.25) is 0 Å². The molecule has 0 atom stereocenters. The molecule has 2 heterocycles. The summed E-state index contributed by atoms with van der Waals surface area (Å²) in [5, 5.41) is 2.87. The predicted molar refractivity (Wildman–Crippen MR) is 91.3 cm³/mol. The average molecular weight is 341 g/mol. The Morgan fingerprint density at radius 2 is 2.08 bits per heavy atom. The van der Waals surface area contributed by atoms with E-state index in [-0.39, 0.29) is 23.1 Å². The lowest BCUT2D eigenvalue weighted by molar-refractivity contribution is -0.122. The molecule has 0 unspecified atom stereocenters. The summed E-state index contributed by atoms with van der Waals surface area (Å²) in [6, 6.07) is 7.66. The van der Waals surface area contributed by atoms with Crippen LogP contribution in [0.5, 0.6) is 0 Å². The van der Waals surface area contributed by atoms with Gasteiger partial charge in [0.05, 0.1) is 0 Å². The number of anilines is 1. The van der Waals surface area contributed by atoms with E-state index in [2.05, 4.69) is 10.3 Å². The number of aromatic nitrogens is 2. The topological polar surface area (TPSA) is 46.4 Å². The molecule has 3 aromatic rings. The fraction of sp³-hybridized carbons (Fsp3) is 0.263. The molecule has 1 amide bonds. The van der Waals surface area contributed by atoms with Crippen molar-refractivity contribution in [2.75, 3.05) is 5.32 Å². The third kappa shape index (κ3) is 2.67. The number of nitrogens with zero attached hydrogens (tertiary/aromatic N) is 2. The second kappa shape index (κ2) is 5.95. The summed E-state index contributed by atoms with van der Waals surface area (Å²) >= 11 is 0. The molecule has 1 saturated carbocycles. The highest BCUT2D eigenvalue weighted by Gasteiger charge is 2.28. The highest BCUT2D eigenvalue weighted by molar-refractivity contribution is 5.96. The van der Waals surface area contributed by atoms with Gasteiger partial charge in [0, 0.05) is 17.7 Å². The molecule has 1 aliphatic rings. The van der Waals surface area contributed by atoms with Gasteiger partial charge >= 0.3 is 0 Å². The van der Waals surface area contributed by atoms with Crippen LogP contribution in [0.15, 0.2) is 36.5 Å². The Balaban J connectivity index is 1.88. The highest BCUT2D eigenvalue weighted by atomic mass is 19.2. The Hall–Kier alpha value is -2.76. The molecule has 4 rings (SSSR count). The number of amides is 1. The lowest BCUT2D eigenvalue weighted by Crippen LogP contribution is -2.28. The predicted octanol–water partition coefficient (Wildman–Crippen LogP) is 4.33. The van der Waals surface area contributed by atoms with E-state index in [9.17, 15) is 13.6 Å². The number of fused-ring (bicyclic) bond motifs is 1. The number of pyridine rings is 1. The summed E-state index contributed by atoms with van der Waals surface area (Å²) in [7, 11) is 0. The molecular formula is C19H17F2N3O. The van der Waals surface area contributed by atoms with Gasteiger partial charge in [-0.1, -0.05) is 12.5 Å². The van der Waals surface area contributed by atoms with Crippen LogP contribution in [0.4, 0.5) is 14.6 Å². The maximum atomic E-state index is 14.3. The molecule has 6 heteroatoms. The fourth-order valence-electron chi connectivity index (χ4n) is 3.03. The minimum atomic E-state index is -0.971. The quantitative estimate of drug-likeness (QED) is 0.771. The first-order valence-corrected chi connectivity index (χ1v) is 8.28. The zero-order chi connectivity index (χ0) is 17.6. The summed E-state index contributed by atoms with van der Waals surface area (Å²) in [4.78, 5) is 16.9. The molecule has 0 spiro atoms. The summed E-state index contributed by atoms with van der Waals surface area (Å²) < 4.78 is 29.7. The molecule has 1 aliphatic carbocycles. The van der Waals surface area contributed by atoms with Gasteiger partial charge in [-0.3, -0.25) is 9.20 Å². The van der Waals surface area contributed by atoms with Crippen molar-refractivity contribution >= 4 is 17.4 Å². The van der Waals surface area contributed by atoms with Gasteiger partial charge in [0.15, 0.2) is 11.6 Å². The van der Waals surface area contributed by atoms with E-state index in [1.807, 2.05) is 19.1 Å². The number of halogens is 2. The van der Waals surface area contributed by atoms with Crippen LogP contribution in [0.25, 0.3) is 16.9 Å². The van der Waals surface area contributed by atoms with Crippen molar-refractivity contribution in [3.8, 4) is 11.3 Å². The largest absolute Gasteiger partial charge is 0.310 e. The fourth-order valence-corrected chi connectivity index (χ4v) is 3.03. The molecule has 25 heavy (non-hydrogen) atoms. The normalized spacial score (nSPS) is 14.5. The van der Waals surface area contributed by atoms with Crippen molar-refractivity contribution in [1.82, 2.24) is 9.38 Å². The summed E-state index contributed by atoms with van der Waals surface area (Å²) in [6.45, 7) is 1.92. The molecule has 0 aliphatic heterocycles. The number of hydrogen-bond donors (Lipinski definition) is 1. The molecule has 1 aromatic carbocycles. The third-order valence-electron chi connectivity index (χ3n) is 4.71. The van der Waals surface area contributed by atoms with Gasteiger partial charge in [0.2, 0.25) is 5.91 Å². The molecule has 1 fully saturated rings. The molecule has 2 aromatic heterocycles. The molecular weight excluding hydrogens is 324 g/mol. The van der Waals surface area contributed by atoms with Gasteiger partial charge in [-0.05, 0) is 49.6 Å². The number of nitrogens with one attached hydrogen (secondary N) is 1. The van der Waals surface area contributed by atoms with Gasteiger partial charge in [-0.15, -0.1) is 0 Å². The zero-order valence-corrected chi connectivity index (χ0v) is 13.7. The van der Waals surface area contributed by atoms with E-state index < -0.39 is 11.6 Å². The van der Waals surface area contributed by atoms with Crippen LogP contribution in [0.1, 0.15) is 24.8 Å². The standard InChI is InChI=1S/C19H17F2N3O/c1-11-8-9-24-15(10-11)22-17(13-6-3-7-14(20)16(13)21)18(24)23-19(25)12-4-2-5-12/h3,6-10,12H,2,4-5H2,1H3,(H,23,25). The second-order valence-electron chi connectivity index (χ2n) is 6.46. The van der Waals surface area contributed by atoms with Crippen molar-refractivity contribution in [1.29, 1.82) is 0 Å². The maximum Gasteiger partial charge on any atom is 0.228 e. The third-order valence-corrected chi connectivity index (χ3v) is 4.71. The zero-order valence-electron chi connectivity index (χ0n) is 13.7. The Morgan fingerprint density at radius 1 is 1.28 bits per heavy atom. The van der Waals surface area contributed by atoms with Crippen LogP contribution >= 0.6 is 0 Å². The molecule has 1 N–H and O–H groups in total. The molecule has 4 nitrogen and oxygen atoms in total. The van der Waals surface area contributed by atoms with Crippen molar-refractivity contribution in [3.63, 3.8) is 0 Å². The first kappa shape index (κ1) is 15.7. The Morgan fingerprint density at radius 3 is 2.80 bits per heavy atom. The van der Waals surface area contributed by atoms with Crippen LogP contribution in [-0.2, 0) is 4.79 Å².